The van der Waals surface area contributed by atoms with E-state index in [1.165, 1.54) is 6.20 Å². The fourth-order valence-corrected chi connectivity index (χ4v) is 3.16. The summed E-state index contributed by atoms with van der Waals surface area (Å²) in [4.78, 5) is 24.8. The number of ether oxygens (including phenoxy) is 1. The number of benzene rings is 2. The Morgan fingerprint density at radius 2 is 1.83 bits per heavy atom. The summed E-state index contributed by atoms with van der Waals surface area (Å²) in [5, 5.41) is 4.78. The summed E-state index contributed by atoms with van der Waals surface area (Å²) in [5.41, 5.74) is 7.65. The molecule has 0 saturated heterocycles. The lowest BCUT2D eigenvalue weighted by Gasteiger charge is -2.11. The maximum Gasteiger partial charge on any atom is 0.273 e. The lowest BCUT2D eigenvalue weighted by Crippen LogP contribution is -2.41. The van der Waals surface area contributed by atoms with Gasteiger partial charge in [0, 0.05) is 15.1 Å². The van der Waals surface area contributed by atoms with E-state index in [1.54, 1.807) is 55.1 Å². The van der Waals surface area contributed by atoms with Crippen molar-refractivity contribution in [2.75, 3.05) is 7.11 Å². The first kappa shape index (κ1) is 20.9. The third kappa shape index (κ3) is 4.44. The van der Waals surface area contributed by atoms with E-state index < -0.39 is 11.8 Å². The van der Waals surface area contributed by atoms with Crippen LogP contribution < -0.4 is 15.6 Å². The van der Waals surface area contributed by atoms with Gasteiger partial charge < -0.3 is 4.74 Å². The Bertz CT molecular complexity index is 1100. The molecule has 1 aromatic heterocycles. The van der Waals surface area contributed by atoms with Crippen molar-refractivity contribution in [3.05, 3.63) is 74.5 Å². The number of halogens is 2. The minimum Gasteiger partial charge on any atom is -0.494 e. The van der Waals surface area contributed by atoms with Crippen LogP contribution in [0.25, 0.3) is 5.69 Å². The molecule has 3 rings (SSSR count). The topological polar surface area (TPSA) is 85.2 Å². The lowest BCUT2D eigenvalue weighted by atomic mass is 10.1. The molecule has 3 aromatic rings. The Morgan fingerprint density at radius 1 is 1.10 bits per heavy atom. The van der Waals surface area contributed by atoms with Gasteiger partial charge >= 0.3 is 0 Å². The molecular formula is C20H18BrClN4O3. The number of rotatable bonds is 4. The first-order valence-electron chi connectivity index (χ1n) is 8.57. The molecule has 0 radical (unpaired) electrons. The molecule has 1 heterocycles. The van der Waals surface area contributed by atoms with E-state index in [4.69, 9.17) is 16.3 Å². The van der Waals surface area contributed by atoms with Gasteiger partial charge in [0.25, 0.3) is 11.8 Å². The third-order valence-corrected chi connectivity index (χ3v) is 5.46. The highest BCUT2D eigenvalue weighted by Gasteiger charge is 2.18. The fraction of sp³-hybridized carbons (Fsp3) is 0.150. The van der Waals surface area contributed by atoms with E-state index in [0.717, 1.165) is 10.0 Å². The summed E-state index contributed by atoms with van der Waals surface area (Å²) in [6, 6.07) is 10.3. The number of carbonyl (C=O) groups excluding carboxylic acids is 2. The van der Waals surface area contributed by atoms with Gasteiger partial charge in [-0.1, -0.05) is 27.5 Å². The van der Waals surface area contributed by atoms with Gasteiger partial charge in [-0.05, 0) is 55.8 Å². The van der Waals surface area contributed by atoms with Crippen LogP contribution >= 0.6 is 27.5 Å². The molecule has 0 spiro atoms. The van der Waals surface area contributed by atoms with Gasteiger partial charge in [-0.15, -0.1) is 0 Å². The average molecular weight is 478 g/mol. The molecule has 2 amide bonds. The van der Waals surface area contributed by atoms with E-state index in [-0.39, 0.29) is 0 Å². The number of aryl methyl sites for hydroxylation is 1. The summed E-state index contributed by atoms with van der Waals surface area (Å²) in [6.07, 6.45) is 1.42. The second kappa shape index (κ2) is 8.67. The number of aromatic nitrogens is 2. The molecule has 0 aliphatic rings. The molecule has 7 nitrogen and oxygen atoms in total. The van der Waals surface area contributed by atoms with Crippen LogP contribution in [0.2, 0.25) is 5.02 Å². The van der Waals surface area contributed by atoms with Crippen LogP contribution in [-0.2, 0) is 0 Å². The van der Waals surface area contributed by atoms with Gasteiger partial charge in [0.05, 0.1) is 24.6 Å². The summed E-state index contributed by atoms with van der Waals surface area (Å²) in [5.74, 6) is -0.348. The van der Waals surface area contributed by atoms with Crippen molar-refractivity contribution in [1.82, 2.24) is 20.6 Å². The van der Waals surface area contributed by atoms with E-state index in [0.29, 0.717) is 33.3 Å². The second-order valence-electron chi connectivity index (χ2n) is 6.24. The first-order chi connectivity index (χ1) is 13.8. The second-order valence-corrected chi connectivity index (χ2v) is 7.53. The van der Waals surface area contributed by atoms with Gasteiger partial charge in [0.15, 0.2) is 0 Å². The third-order valence-electron chi connectivity index (χ3n) is 4.33. The van der Waals surface area contributed by atoms with Gasteiger partial charge in [-0.2, -0.15) is 5.10 Å². The van der Waals surface area contributed by atoms with Crippen LogP contribution in [-0.4, -0.2) is 28.7 Å². The van der Waals surface area contributed by atoms with Crippen molar-refractivity contribution in [2.24, 2.45) is 0 Å². The number of methoxy groups -OCH3 is 1. The highest BCUT2D eigenvalue weighted by molar-refractivity contribution is 9.10. The predicted octanol–water partition coefficient (Wildman–Crippen LogP) is 3.99. The summed E-state index contributed by atoms with van der Waals surface area (Å²) in [7, 11) is 1.54. The maximum absolute atomic E-state index is 12.5. The van der Waals surface area contributed by atoms with Crippen LogP contribution in [0.1, 0.15) is 32.0 Å². The van der Waals surface area contributed by atoms with Crippen LogP contribution in [0.5, 0.6) is 5.75 Å². The Morgan fingerprint density at radius 3 is 2.52 bits per heavy atom. The summed E-state index contributed by atoms with van der Waals surface area (Å²) >= 11 is 9.47. The smallest absolute Gasteiger partial charge is 0.273 e. The van der Waals surface area contributed by atoms with Gasteiger partial charge in [-0.25, -0.2) is 4.68 Å². The molecule has 9 heteroatoms. The monoisotopic (exact) mass is 476 g/mol. The van der Waals surface area contributed by atoms with Crippen molar-refractivity contribution < 1.29 is 14.3 Å². The SMILES string of the molecule is COc1ccc(Cl)cc1-n1ncc(C(=O)NNC(=O)c2ccc(Br)c(C)c2)c1C. The minimum absolute atomic E-state index is 0.305. The number of hydrogen-bond acceptors (Lipinski definition) is 4. The number of amides is 2. The Balaban J connectivity index is 1.77. The van der Waals surface area contributed by atoms with Crippen molar-refractivity contribution in [3.63, 3.8) is 0 Å². The van der Waals surface area contributed by atoms with E-state index in [2.05, 4.69) is 31.9 Å². The van der Waals surface area contributed by atoms with Crippen LogP contribution in [0, 0.1) is 13.8 Å². The number of nitrogens with one attached hydrogen (secondary N) is 2. The van der Waals surface area contributed by atoms with Gasteiger partial charge in [0.1, 0.15) is 11.4 Å². The highest BCUT2D eigenvalue weighted by Crippen LogP contribution is 2.27. The fourth-order valence-electron chi connectivity index (χ4n) is 2.74. The first-order valence-corrected chi connectivity index (χ1v) is 9.74. The Labute approximate surface area is 181 Å². The van der Waals surface area contributed by atoms with Crippen LogP contribution in [0.3, 0.4) is 0 Å². The summed E-state index contributed by atoms with van der Waals surface area (Å²) < 4.78 is 7.80. The van der Waals surface area contributed by atoms with Gasteiger partial charge in [-0.3, -0.25) is 20.4 Å². The molecule has 0 atom stereocenters. The number of hydrazine groups is 1. The molecule has 0 aliphatic carbocycles. The molecule has 2 N–H and O–H groups in total. The molecule has 29 heavy (non-hydrogen) atoms. The maximum atomic E-state index is 12.5. The van der Waals surface area contributed by atoms with Crippen molar-refractivity contribution >= 4 is 39.3 Å². The van der Waals surface area contributed by atoms with E-state index >= 15 is 0 Å². The van der Waals surface area contributed by atoms with Gasteiger partial charge in [0.2, 0.25) is 0 Å². The average Bonchev–Trinajstić information content (AvgIpc) is 3.09. The quantitative estimate of drug-likeness (QED) is 0.557. The minimum atomic E-state index is -0.489. The number of hydrogen-bond donors (Lipinski definition) is 2. The zero-order chi connectivity index (χ0) is 21.1. The highest BCUT2D eigenvalue weighted by atomic mass is 79.9. The number of carbonyl (C=O) groups is 2. The normalized spacial score (nSPS) is 10.5. The molecule has 0 unspecified atom stereocenters. The largest absolute Gasteiger partial charge is 0.494 e. The van der Waals surface area contributed by atoms with E-state index in [9.17, 15) is 9.59 Å². The Kier molecular flexibility index (Phi) is 6.24. The van der Waals surface area contributed by atoms with E-state index in [1.807, 2.05) is 6.92 Å². The Hall–Kier alpha value is -2.84. The molecule has 0 saturated carbocycles. The lowest BCUT2D eigenvalue weighted by molar-refractivity contribution is 0.0846. The molecule has 0 fully saturated rings. The van der Waals surface area contributed by atoms with Crippen molar-refractivity contribution in [3.8, 4) is 11.4 Å². The summed E-state index contributed by atoms with van der Waals surface area (Å²) in [6.45, 7) is 3.61. The molecule has 2 aromatic carbocycles. The van der Waals surface area contributed by atoms with Crippen molar-refractivity contribution in [2.45, 2.75) is 13.8 Å². The number of nitrogens with zero attached hydrogens (tertiary/aromatic N) is 2. The molecule has 150 valence electrons. The predicted molar refractivity (Wildman–Crippen MR) is 114 cm³/mol. The van der Waals surface area contributed by atoms with Crippen molar-refractivity contribution in [1.29, 1.82) is 0 Å². The zero-order valence-corrected chi connectivity index (χ0v) is 18.3. The molecular weight excluding hydrogens is 460 g/mol. The van der Waals surface area contributed by atoms with Crippen LogP contribution in [0.15, 0.2) is 47.1 Å². The molecule has 0 aliphatic heterocycles. The zero-order valence-electron chi connectivity index (χ0n) is 15.9. The molecule has 0 bridgehead atoms. The van der Waals surface area contributed by atoms with Crippen LogP contribution in [0.4, 0.5) is 0 Å². The standard InChI is InChI=1S/C20H18BrClN4O3/c1-11-8-13(4-6-16(11)21)19(27)24-25-20(28)15-10-23-26(12(15)2)17-9-14(22)5-7-18(17)29-3/h4-10H,1-3H3,(H,24,27)(H,25,28).